The molecule has 100 valence electrons. The Bertz CT molecular complexity index is 345. The van der Waals surface area contributed by atoms with Gasteiger partial charge in [0.2, 0.25) is 0 Å². The first-order valence-corrected chi connectivity index (χ1v) is 7.86. The molecule has 3 heteroatoms. The Balaban J connectivity index is 1.70. The molecule has 0 bridgehead atoms. The highest BCUT2D eigenvalue weighted by Crippen LogP contribution is 2.21. The Kier molecular flexibility index (Phi) is 5.91. The number of thiophene rings is 1. The summed E-state index contributed by atoms with van der Waals surface area (Å²) < 4.78 is 0. The second-order valence-corrected chi connectivity index (χ2v) is 5.94. The number of hydrogen-bond donors (Lipinski definition) is 1. The van der Waals surface area contributed by atoms with Gasteiger partial charge in [0.15, 0.2) is 0 Å². The quantitative estimate of drug-likeness (QED) is 0.600. The number of allylic oxidation sites excluding steroid dienone is 1. The SMILES string of the molecule is C/C=C/CCNC[C@H]1CCCN1Cc1cccs1. The van der Waals surface area contributed by atoms with Crippen molar-refractivity contribution in [2.45, 2.75) is 38.8 Å². The van der Waals surface area contributed by atoms with Crippen LogP contribution in [-0.2, 0) is 6.54 Å². The molecular weight excluding hydrogens is 240 g/mol. The average molecular weight is 264 g/mol. The van der Waals surface area contributed by atoms with E-state index in [2.05, 4.69) is 46.8 Å². The van der Waals surface area contributed by atoms with E-state index in [1.54, 1.807) is 0 Å². The van der Waals surface area contributed by atoms with Crippen LogP contribution in [0.15, 0.2) is 29.7 Å². The molecule has 0 unspecified atom stereocenters. The Morgan fingerprint density at radius 3 is 3.28 bits per heavy atom. The number of rotatable bonds is 7. The van der Waals surface area contributed by atoms with E-state index in [-0.39, 0.29) is 0 Å². The summed E-state index contributed by atoms with van der Waals surface area (Å²) in [6, 6.07) is 5.14. The predicted molar refractivity (Wildman–Crippen MR) is 80.1 cm³/mol. The Morgan fingerprint density at radius 2 is 2.50 bits per heavy atom. The van der Waals surface area contributed by atoms with Crippen LogP contribution < -0.4 is 5.32 Å². The maximum absolute atomic E-state index is 3.58. The second kappa shape index (κ2) is 7.72. The molecule has 0 radical (unpaired) electrons. The molecule has 2 nitrogen and oxygen atoms in total. The van der Waals surface area contributed by atoms with Crippen molar-refractivity contribution in [3.05, 3.63) is 34.5 Å². The first-order valence-electron chi connectivity index (χ1n) is 6.98. The van der Waals surface area contributed by atoms with Crippen LogP contribution in [-0.4, -0.2) is 30.6 Å². The highest BCUT2D eigenvalue weighted by molar-refractivity contribution is 7.09. The number of likely N-dealkylation sites (tertiary alicyclic amines) is 1. The van der Waals surface area contributed by atoms with Gasteiger partial charge < -0.3 is 5.32 Å². The van der Waals surface area contributed by atoms with Crippen LogP contribution >= 0.6 is 11.3 Å². The zero-order valence-electron chi connectivity index (χ0n) is 11.3. The summed E-state index contributed by atoms with van der Waals surface area (Å²) in [7, 11) is 0. The van der Waals surface area contributed by atoms with Crippen LogP contribution in [0.3, 0.4) is 0 Å². The summed E-state index contributed by atoms with van der Waals surface area (Å²) >= 11 is 1.88. The molecule has 2 rings (SSSR count). The fourth-order valence-corrected chi connectivity index (χ4v) is 3.29. The van der Waals surface area contributed by atoms with Crippen LogP contribution in [0.4, 0.5) is 0 Å². The van der Waals surface area contributed by atoms with Crippen molar-refractivity contribution < 1.29 is 0 Å². The minimum absolute atomic E-state index is 0.734. The van der Waals surface area contributed by atoms with E-state index in [1.807, 2.05) is 11.3 Å². The molecule has 0 aromatic carbocycles. The number of nitrogens with zero attached hydrogens (tertiary/aromatic N) is 1. The molecule has 0 saturated carbocycles. The maximum Gasteiger partial charge on any atom is 0.0331 e. The third kappa shape index (κ3) is 4.23. The van der Waals surface area contributed by atoms with Gasteiger partial charge in [0.25, 0.3) is 0 Å². The third-order valence-electron chi connectivity index (χ3n) is 3.54. The minimum atomic E-state index is 0.734. The topological polar surface area (TPSA) is 15.3 Å². The second-order valence-electron chi connectivity index (χ2n) is 4.91. The van der Waals surface area contributed by atoms with Gasteiger partial charge in [-0.2, -0.15) is 0 Å². The van der Waals surface area contributed by atoms with E-state index >= 15 is 0 Å². The van der Waals surface area contributed by atoms with Crippen LogP contribution in [0.2, 0.25) is 0 Å². The van der Waals surface area contributed by atoms with Crippen LogP contribution in [0.1, 0.15) is 31.1 Å². The molecule has 1 aliphatic rings. The van der Waals surface area contributed by atoms with Gasteiger partial charge in [-0.05, 0) is 50.7 Å². The van der Waals surface area contributed by atoms with E-state index in [0.717, 1.165) is 32.1 Å². The lowest BCUT2D eigenvalue weighted by atomic mass is 10.2. The molecule has 1 atom stereocenters. The van der Waals surface area contributed by atoms with Gasteiger partial charge in [-0.1, -0.05) is 18.2 Å². The molecule has 1 aliphatic heterocycles. The highest BCUT2D eigenvalue weighted by Gasteiger charge is 2.23. The zero-order chi connectivity index (χ0) is 12.6. The van der Waals surface area contributed by atoms with E-state index in [4.69, 9.17) is 0 Å². The standard InChI is InChI=1S/C15H24N2S/c1-2-3-4-9-16-12-14-7-5-10-17(14)13-15-8-6-11-18-15/h2-3,6,8,11,14,16H,4-5,7,9-10,12-13H2,1H3/b3-2+/t14-/m1/s1. The van der Waals surface area contributed by atoms with Gasteiger partial charge in [0, 0.05) is 24.0 Å². The van der Waals surface area contributed by atoms with Crippen molar-refractivity contribution in [3.8, 4) is 0 Å². The van der Waals surface area contributed by atoms with E-state index in [1.165, 1.54) is 24.3 Å². The molecule has 0 spiro atoms. The lowest BCUT2D eigenvalue weighted by molar-refractivity contribution is 0.242. The third-order valence-corrected chi connectivity index (χ3v) is 4.40. The molecule has 1 saturated heterocycles. The maximum atomic E-state index is 3.58. The van der Waals surface area contributed by atoms with Gasteiger partial charge in [-0.3, -0.25) is 4.90 Å². The summed E-state index contributed by atoms with van der Waals surface area (Å²) in [5, 5.41) is 5.76. The van der Waals surface area contributed by atoms with Crippen molar-refractivity contribution in [1.82, 2.24) is 10.2 Å². The Hall–Kier alpha value is -0.640. The normalized spacial score (nSPS) is 21.1. The molecule has 1 aromatic rings. The molecule has 18 heavy (non-hydrogen) atoms. The Morgan fingerprint density at radius 1 is 1.56 bits per heavy atom. The molecule has 1 fully saturated rings. The Labute approximate surface area is 115 Å². The lowest BCUT2D eigenvalue weighted by Gasteiger charge is -2.24. The summed E-state index contributed by atoms with van der Waals surface area (Å²) in [4.78, 5) is 4.13. The van der Waals surface area contributed by atoms with Crippen LogP contribution in [0.25, 0.3) is 0 Å². The summed E-state index contributed by atoms with van der Waals surface area (Å²) in [6.07, 6.45) is 8.20. The average Bonchev–Trinajstić information content (AvgIpc) is 3.02. The molecule has 0 amide bonds. The van der Waals surface area contributed by atoms with Crippen LogP contribution in [0.5, 0.6) is 0 Å². The van der Waals surface area contributed by atoms with Crippen molar-refractivity contribution in [2.75, 3.05) is 19.6 Å². The van der Waals surface area contributed by atoms with Crippen LogP contribution in [0, 0.1) is 0 Å². The smallest absolute Gasteiger partial charge is 0.0331 e. The number of nitrogens with one attached hydrogen (secondary N) is 1. The fourth-order valence-electron chi connectivity index (χ4n) is 2.56. The van der Waals surface area contributed by atoms with Crippen molar-refractivity contribution in [2.24, 2.45) is 0 Å². The van der Waals surface area contributed by atoms with Crippen molar-refractivity contribution >= 4 is 11.3 Å². The van der Waals surface area contributed by atoms with Crippen molar-refractivity contribution in [1.29, 1.82) is 0 Å². The molecular formula is C15H24N2S. The van der Waals surface area contributed by atoms with Crippen molar-refractivity contribution in [3.63, 3.8) is 0 Å². The molecule has 2 heterocycles. The fraction of sp³-hybridized carbons (Fsp3) is 0.600. The molecule has 1 N–H and O–H groups in total. The zero-order valence-corrected chi connectivity index (χ0v) is 12.1. The van der Waals surface area contributed by atoms with E-state index < -0.39 is 0 Å². The predicted octanol–water partition coefficient (Wildman–Crippen LogP) is 3.27. The highest BCUT2D eigenvalue weighted by atomic mass is 32.1. The monoisotopic (exact) mass is 264 g/mol. The summed E-state index contributed by atoms with van der Waals surface area (Å²) in [5.74, 6) is 0. The van der Waals surface area contributed by atoms with Gasteiger partial charge >= 0.3 is 0 Å². The first-order chi connectivity index (χ1) is 8.90. The minimum Gasteiger partial charge on any atom is -0.315 e. The summed E-state index contributed by atoms with van der Waals surface area (Å²) in [5.41, 5.74) is 0. The van der Waals surface area contributed by atoms with Gasteiger partial charge in [-0.15, -0.1) is 11.3 Å². The van der Waals surface area contributed by atoms with E-state index in [9.17, 15) is 0 Å². The van der Waals surface area contributed by atoms with Gasteiger partial charge in [0.05, 0.1) is 0 Å². The molecule has 0 aliphatic carbocycles. The summed E-state index contributed by atoms with van der Waals surface area (Å²) in [6.45, 7) is 6.73. The first kappa shape index (κ1) is 13.8. The van der Waals surface area contributed by atoms with Gasteiger partial charge in [0.1, 0.15) is 0 Å². The van der Waals surface area contributed by atoms with E-state index in [0.29, 0.717) is 0 Å². The largest absolute Gasteiger partial charge is 0.315 e. The van der Waals surface area contributed by atoms with Gasteiger partial charge in [-0.25, -0.2) is 0 Å². The lowest BCUT2D eigenvalue weighted by Crippen LogP contribution is -2.37. The molecule has 1 aromatic heterocycles. The number of hydrogen-bond acceptors (Lipinski definition) is 3.